The molecule has 0 aliphatic heterocycles. The van der Waals surface area contributed by atoms with E-state index in [4.69, 9.17) is 16.3 Å². The molecule has 0 heterocycles. The van der Waals surface area contributed by atoms with E-state index in [1.54, 1.807) is 36.4 Å². The van der Waals surface area contributed by atoms with Gasteiger partial charge in [-0.1, -0.05) is 29.8 Å². The van der Waals surface area contributed by atoms with Gasteiger partial charge in [-0.15, -0.1) is 0 Å². The van der Waals surface area contributed by atoms with Gasteiger partial charge in [0.25, 0.3) is 17.5 Å². The van der Waals surface area contributed by atoms with Gasteiger partial charge in [0.15, 0.2) is 11.5 Å². The van der Waals surface area contributed by atoms with E-state index in [0.29, 0.717) is 10.7 Å². The number of carbonyl (C=O) groups is 2. The summed E-state index contributed by atoms with van der Waals surface area (Å²) in [5, 5.41) is 27.8. The summed E-state index contributed by atoms with van der Waals surface area (Å²) in [5.41, 5.74) is 2.74. The minimum absolute atomic E-state index is 0.0258. The number of halogens is 1. The van der Waals surface area contributed by atoms with Gasteiger partial charge in [-0.3, -0.25) is 19.7 Å². The molecular weight excluding hydrogens is 452 g/mol. The van der Waals surface area contributed by atoms with Gasteiger partial charge in [-0.05, 0) is 30.3 Å². The Kier molecular flexibility index (Phi) is 7.21. The number of nitrogens with one attached hydrogen (secondary N) is 2. The first-order chi connectivity index (χ1) is 15.8. The molecule has 0 bridgehead atoms. The van der Waals surface area contributed by atoms with Crippen LogP contribution in [0.15, 0.2) is 65.8 Å². The number of benzene rings is 3. The Morgan fingerprint density at radius 3 is 2.58 bits per heavy atom. The monoisotopic (exact) mass is 468 g/mol. The van der Waals surface area contributed by atoms with Crippen LogP contribution in [0.3, 0.4) is 0 Å². The summed E-state index contributed by atoms with van der Waals surface area (Å²) in [6, 6.07) is 14.8. The van der Waals surface area contributed by atoms with Crippen molar-refractivity contribution in [3.63, 3.8) is 0 Å². The molecule has 0 spiro atoms. The summed E-state index contributed by atoms with van der Waals surface area (Å²) in [6.45, 7) is 0. The summed E-state index contributed by atoms with van der Waals surface area (Å²) in [5.74, 6) is -1.53. The van der Waals surface area contributed by atoms with Crippen molar-refractivity contribution in [1.29, 1.82) is 0 Å². The minimum Gasteiger partial charge on any atom is -0.504 e. The Morgan fingerprint density at radius 2 is 1.88 bits per heavy atom. The highest BCUT2D eigenvalue weighted by Gasteiger charge is 2.16. The van der Waals surface area contributed by atoms with Gasteiger partial charge in [0.1, 0.15) is 0 Å². The molecule has 168 valence electrons. The molecule has 3 aromatic rings. The Bertz CT molecular complexity index is 1260. The third-order valence-electron chi connectivity index (χ3n) is 4.39. The molecule has 0 unspecified atom stereocenters. The summed E-state index contributed by atoms with van der Waals surface area (Å²) < 4.78 is 4.91. The number of hydrazone groups is 1. The quantitative estimate of drug-likeness (QED) is 0.272. The van der Waals surface area contributed by atoms with E-state index in [1.165, 1.54) is 19.2 Å². The Hall–Kier alpha value is -4.44. The standard InChI is InChI=1S/C22H17ClN4O6/c1-33-19-11-16(27(31)32)10-14(20(19)28)12-24-26-21(29)13-5-4-6-15(9-13)25-22(30)17-7-2-3-8-18(17)23/h2-12,28H,1H3,(H,25,30)(H,26,29)/b24-12-. The van der Waals surface area contributed by atoms with Crippen molar-refractivity contribution in [3.8, 4) is 11.5 Å². The highest BCUT2D eigenvalue weighted by Crippen LogP contribution is 2.33. The Morgan fingerprint density at radius 1 is 1.12 bits per heavy atom. The molecule has 3 N–H and O–H groups in total. The number of phenols is 1. The molecule has 11 heteroatoms. The van der Waals surface area contributed by atoms with E-state index in [-0.39, 0.29) is 33.9 Å². The van der Waals surface area contributed by atoms with Crippen molar-refractivity contribution < 1.29 is 24.4 Å². The van der Waals surface area contributed by atoms with Crippen molar-refractivity contribution in [3.05, 3.63) is 92.5 Å². The lowest BCUT2D eigenvalue weighted by atomic mass is 10.1. The lowest BCUT2D eigenvalue weighted by Gasteiger charge is -2.08. The van der Waals surface area contributed by atoms with Gasteiger partial charge in [0.05, 0.1) is 34.9 Å². The molecule has 0 fully saturated rings. The maximum atomic E-state index is 12.4. The van der Waals surface area contributed by atoms with E-state index in [2.05, 4.69) is 15.8 Å². The second-order valence-corrected chi connectivity index (χ2v) is 6.96. The molecule has 0 radical (unpaired) electrons. The van der Waals surface area contributed by atoms with Crippen molar-refractivity contribution in [2.24, 2.45) is 5.10 Å². The van der Waals surface area contributed by atoms with Crippen molar-refractivity contribution in [2.75, 3.05) is 12.4 Å². The van der Waals surface area contributed by atoms with E-state index in [9.17, 15) is 24.8 Å². The molecule has 10 nitrogen and oxygen atoms in total. The number of methoxy groups -OCH3 is 1. The number of hydrogen-bond acceptors (Lipinski definition) is 7. The van der Waals surface area contributed by atoms with Gasteiger partial charge < -0.3 is 15.2 Å². The lowest BCUT2D eigenvalue weighted by Crippen LogP contribution is -2.18. The van der Waals surface area contributed by atoms with Crippen LogP contribution in [0.2, 0.25) is 5.02 Å². The van der Waals surface area contributed by atoms with Crippen molar-refractivity contribution >= 4 is 41.0 Å². The first-order valence-electron chi connectivity index (χ1n) is 9.35. The third kappa shape index (κ3) is 5.63. The normalized spacial score (nSPS) is 10.6. The van der Waals surface area contributed by atoms with Crippen LogP contribution >= 0.6 is 11.6 Å². The zero-order chi connectivity index (χ0) is 24.0. The predicted molar refractivity (Wildman–Crippen MR) is 122 cm³/mol. The number of aromatic hydroxyl groups is 1. The fourth-order valence-corrected chi connectivity index (χ4v) is 3.00. The van der Waals surface area contributed by atoms with Crippen LogP contribution < -0.4 is 15.5 Å². The van der Waals surface area contributed by atoms with Crippen LogP contribution in [-0.4, -0.2) is 35.2 Å². The average molecular weight is 469 g/mol. The number of ether oxygens (including phenoxy) is 1. The van der Waals surface area contributed by atoms with Gasteiger partial charge in [-0.2, -0.15) is 5.10 Å². The number of rotatable bonds is 7. The summed E-state index contributed by atoms with van der Waals surface area (Å²) in [4.78, 5) is 35.2. The van der Waals surface area contributed by atoms with Gasteiger partial charge in [0, 0.05) is 22.9 Å². The van der Waals surface area contributed by atoms with Crippen molar-refractivity contribution in [1.82, 2.24) is 5.43 Å². The van der Waals surface area contributed by atoms with Gasteiger partial charge in [-0.25, -0.2) is 5.43 Å². The number of hydrogen-bond donors (Lipinski definition) is 3. The van der Waals surface area contributed by atoms with E-state index in [1.807, 2.05) is 0 Å². The Labute approximate surface area is 192 Å². The topological polar surface area (TPSA) is 143 Å². The maximum Gasteiger partial charge on any atom is 0.274 e. The number of carbonyl (C=O) groups excluding carboxylic acids is 2. The molecule has 0 aliphatic carbocycles. The molecule has 33 heavy (non-hydrogen) atoms. The zero-order valence-electron chi connectivity index (χ0n) is 17.1. The van der Waals surface area contributed by atoms with Crippen LogP contribution in [-0.2, 0) is 0 Å². The molecule has 3 aromatic carbocycles. The smallest absolute Gasteiger partial charge is 0.274 e. The van der Waals surface area contributed by atoms with Crippen LogP contribution in [0, 0.1) is 10.1 Å². The molecule has 3 rings (SSSR count). The second-order valence-electron chi connectivity index (χ2n) is 6.56. The highest BCUT2D eigenvalue weighted by atomic mass is 35.5. The molecule has 0 saturated carbocycles. The number of amides is 2. The molecule has 0 atom stereocenters. The van der Waals surface area contributed by atoms with Crippen LogP contribution in [0.4, 0.5) is 11.4 Å². The minimum atomic E-state index is -0.652. The largest absolute Gasteiger partial charge is 0.504 e. The van der Waals surface area contributed by atoms with E-state index < -0.39 is 16.7 Å². The second kappa shape index (κ2) is 10.2. The first kappa shape index (κ1) is 23.2. The third-order valence-corrected chi connectivity index (χ3v) is 4.72. The van der Waals surface area contributed by atoms with Crippen molar-refractivity contribution in [2.45, 2.75) is 0 Å². The number of nitrogens with zero attached hydrogens (tertiary/aromatic N) is 2. The zero-order valence-corrected chi connectivity index (χ0v) is 17.9. The summed E-state index contributed by atoms with van der Waals surface area (Å²) in [7, 11) is 1.25. The summed E-state index contributed by atoms with van der Waals surface area (Å²) >= 11 is 6.03. The Balaban J connectivity index is 1.72. The first-order valence-corrected chi connectivity index (χ1v) is 9.72. The molecule has 0 saturated heterocycles. The van der Waals surface area contributed by atoms with Crippen LogP contribution in [0.5, 0.6) is 11.5 Å². The van der Waals surface area contributed by atoms with E-state index in [0.717, 1.165) is 18.3 Å². The van der Waals surface area contributed by atoms with Crippen LogP contribution in [0.25, 0.3) is 0 Å². The van der Waals surface area contributed by atoms with Gasteiger partial charge >= 0.3 is 0 Å². The molecule has 2 amide bonds. The van der Waals surface area contributed by atoms with Gasteiger partial charge in [0.2, 0.25) is 0 Å². The fourth-order valence-electron chi connectivity index (χ4n) is 2.78. The molecule has 0 aromatic heterocycles. The average Bonchev–Trinajstić information content (AvgIpc) is 2.80. The number of non-ortho nitro benzene ring substituents is 1. The summed E-state index contributed by atoms with van der Waals surface area (Å²) in [6.07, 6.45) is 1.05. The van der Waals surface area contributed by atoms with Crippen LogP contribution in [0.1, 0.15) is 26.3 Å². The molecular formula is C22H17ClN4O6. The predicted octanol–water partition coefficient (Wildman–Crippen LogP) is 3.98. The molecule has 0 aliphatic rings. The number of anilines is 1. The number of nitro groups is 1. The SMILES string of the molecule is COc1cc([N+](=O)[O-])cc(/C=N\NC(=O)c2cccc(NC(=O)c3ccccc3Cl)c2)c1O. The lowest BCUT2D eigenvalue weighted by molar-refractivity contribution is -0.385. The number of nitro benzene ring substituents is 1. The number of phenolic OH excluding ortho intramolecular Hbond substituents is 1. The maximum absolute atomic E-state index is 12.4. The van der Waals surface area contributed by atoms with E-state index >= 15 is 0 Å². The highest BCUT2D eigenvalue weighted by molar-refractivity contribution is 6.34. The fraction of sp³-hybridized carbons (Fsp3) is 0.0455.